The number of rotatable bonds is 6. The summed E-state index contributed by atoms with van der Waals surface area (Å²) in [4.78, 5) is 30.8. The van der Waals surface area contributed by atoms with E-state index in [0.717, 1.165) is 36.8 Å². The summed E-state index contributed by atoms with van der Waals surface area (Å²) in [5, 5.41) is 3.59. The highest BCUT2D eigenvalue weighted by Gasteiger charge is 2.25. The third kappa shape index (κ3) is 4.94. The van der Waals surface area contributed by atoms with Gasteiger partial charge in [-0.05, 0) is 80.1 Å². The first-order valence-electron chi connectivity index (χ1n) is 10.6. The third-order valence-electron chi connectivity index (χ3n) is 5.23. The molecule has 0 saturated carbocycles. The first kappa shape index (κ1) is 21.9. The second-order valence-electron chi connectivity index (χ2n) is 7.45. The number of benzene rings is 2. The van der Waals surface area contributed by atoms with Gasteiger partial charge in [-0.25, -0.2) is 14.2 Å². The summed E-state index contributed by atoms with van der Waals surface area (Å²) in [7, 11) is 0. The molecule has 1 aliphatic carbocycles. The van der Waals surface area contributed by atoms with Crippen LogP contribution in [0.25, 0.3) is 0 Å². The van der Waals surface area contributed by atoms with Crippen LogP contribution < -0.4 is 5.32 Å². The molecule has 0 unspecified atom stereocenters. The van der Waals surface area contributed by atoms with Crippen molar-refractivity contribution in [2.24, 2.45) is 4.99 Å². The number of nitrogens with one attached hydrogen (secondary N) is 1. The Bertz CT molecular complexity index is 1150. The van der Waals surface area contributed by atoms with Crippen LogP contribution in [-0.4, -0.2) is 24.7 Å². The first-order valence-corrected chi connectivity index (χ1v) is 11.4. The Morgan fingerprint density at radius 2 is 1.81 bits per heavy atom. The van der Waals surface area contributed by atoms with Crippen LogP contribution in [0.2, 0.25) is 0 Å². The molecule has 7 heteroatoms. The summed E-state index contributed by atoms with van der Waals surface area (Å²) in [6.07, 6.45) is 5.59. The number of aliphatic imine (C=N–C) groups is 1. The zero-order valence-corrected chi connectivity index (χ0v) is 18.5. The number of halogens is 1. The van der Waals surface area contributed by atoms with E-state index in [2.05, 4.69) is 10.3 Å². The molecule has 0 radical (unpaired) electrons. The fourth-order valence-corrected chi connectivity index (χ4v) is 4.89. The lowest BCUT2D eigenvalue weighted by molar-refractivity contribution is 0.0526. The molecule has 0 bridgehead atoms. The molecule has 164 valence electrons. The summed E-state index contributed by atoms with van der Waals surface area (Å²) in [5.74, 6) is -0.919. The van der Waals surface area contributed by atoms with Gasteiger partial charge < -0.3 is 10.1 Å². The summed E-state index contributed by atoms with van der Waals surface area (Å²) in [6.45, 7) is 2.06. The van der Waals surface area contributed by atoms with Gasteiger partial charge in [0.1, 0.15) is 10.8 Å². The quantitative estimate of drug-likeness (QED) is 0.373. The molecule has 0 fully saturated rings. The zero-order valence-electron chi connectivity index (χ0n) is 17.7. The Labute approximate surface area is 190 Å². The highest BCUT2D eigenvalue weighted by atomic mass is 32.1. The lowest BCUT2D eigenvalue weighted by Gasteiger charge is -2.13. The van der Waals surface area contributed by atoms with Crippen molar-refractivity contribution >= 4 is 40.1 Å². The van der Waals surface area contributed by atoms with Crippen LogP contribution in [-0.2, 0) is 17.6 Å². The molecule has 1 amide bonds. The van der Waals surface area contributed by atoms with E-state index >= 15 is 0 Å². The Morgan fingerprint density at radius 1 is 1.09 bits per heavy atom. The maximum atomic E-state index is 13.2. The first-order chi connectivity index (χ1) is 15.5. The molecule has 5 nitrogen and oxygen atoms in total. The molecule has 0 atom stereocenters. The maximum Gasteiger partial charge on any atom is 0.338 e. The van der Waals surface area contributed by atoms with E-state index in [-0.39, 0.29) is 11.7 Å². The topological polar surface area (TPSA) is 67.8 Å². The summed E-state index contributed by atoms with van der Waals surface area (Å²) in [6, 6.07) is 12.7. The lowest BCUT2D eigenvalue weighted by atomic mass is 9.95. The Morgan fingerprint density at radius 3 is 2.53 bits per heavy atom. The molecule has 0 aliphatic heterocycles. The van der Waals surface area contributed by atoms with Gasteiger partial charge in [-0.3, -0.25) is 4.79 Å². The molecule has 32 heavy (non-hydrogen) atoms. The van der Waals surface area contributed by atoms with Gasteiger partial charge >= 0.3 is 5.97 Å². The van der Waals surface area contributed by atoms with Gasteiger partial charge in [-0.1, -0.05) is 12.1 Å². The van der Waals surface area contributed by atoms with E-state index in [0.29, 0.717) is 28.4 Å². The van der Waals surface area contributed by atoms with Crippen molar-refractivity contribution in [1.82, 2.24) is 0 Å². The highest BCUT2D eigenvalue weighted by molar-refractivity contribution is 7.16. The van der Waals surface area contributed by atoms with Crippen molar-refractivity contribution in [2.75, 3.05) is 11.9 Å². The molecule has 0 spiro atoms. The normalized spacial score (nSPS) is 13.1. The number of esters is 1. The van der Waals surface area contributed by atoms with Crippen molar-refractivity contribution in [3.63, 3.8) is 0 Å². The lowest BCUT2D eigenvalue weighted by Crippen LogP contribution is -2.15. The van der Waals surface area contributed by atoms with Crippen LogP contribution in [0.1, 0.15) is 56.5 Å². The van der Waals surface area contributed by atoms with E-state index in [9.17, 15) is 14.0 Å². The van der Waals surface area contributed by atoms with Crippen LogP contribution in [0.4, 0.5) is 15.1 Å². The summed E-state index contributed by atoms with van der Waals surface area (Å²) >= 11 is 1.54. The van der Waals surface area contributed by atoms with E-state index in [1.807, 2.05) is 0 Å². The van der Waals surface area contributed by atoms with Gasteiger partial charge in [0.05, 0.1) is 17.7 Å². The molecule has 2 aromatic carbocycles. The number of carbonyl (C=O) groups is 2. The number of thiophene rings is 1. The largest absolute Gasteiger partial charge is 0.462 e. The molecule has 0 saturated heterocycles. The minimum atomic E-state index is -0.394. The number of hydrogen-bond donors (Lipinski definition) is 1. The number of hydrogen-bond acceptors (Lipinski definition) is 5. The summed E-state index contributed by atoms with van der Waals surface area (Å²) < 4.78 is 18.2. The maximum absolute atomic E-state index is 13.2. The van der Waals surface area contributed by atoms with Gasteiger partial charge in [0.2, 0.25) is 0 Å². The van der Waals surface area contributed by atoms with Gasteiger partial charge in [-0.2, -0.15) is 0 Å². The van der Waals surface area contributed by atoms with Crippen molar-refractivity contribution in [3.8, 4) is 0 Å². The number of ether oxygens (including phenoxy) is 1. The second kappa shape index (κ2) is 9.87. The minimum Gasteiger partial charge on any atom is -0.462 e. The fourth-order valence-electron chi connectivity index (χ4n) is 3.66. The molecule has 1 aliphatic rings. The van der Waals surface area contributed by atoms with Crippen molar-refractivity contribution in [2.45, 2.75) is 32.6 Å². The predicted octanol–water partition coefficient (Wildman–Crippen LogP) is 5.95. The minimum absolute atomic E-state index is 0.223. The predicted molar refractivity (Wildman–Crippen MR) is 125 cm³/mol. The molecule has 1 aromatic heterocycles. The number of amides is 1. The fraction of sp³-hybridized carbons (Fsp3) is 0.240. The smallest absolute Gasteiger partial charge is 0.338 e. The molecule has 1 N–H and O–H groups in total. The average molecular weight is 451 g/mol. The van der Waals surface area contributed by atoms with Gasteiger partial charge in [-0.15, -0.1) is 11.3 Å². The molecular formula is C25H23FN2O3S. The highest BCUT2D eigenvalue weighted by Crippen LogP contribution is 2.40. The Balaban J connectivity index is 1.59. The van der Waals surface area contributed by atoms with Crippen molar-refractivity contribution < 1.29 is 18.7 Å². The number of nitrogens with zero attached hydrogens (tertiary/aromatic N) is 1. The standard InChI is InChI=1S/C25H23FN2O3S/c1-2-31-25(30)17-9-13-19(14-10-17)28-23(29)22-20-5-3-4-6-21(20)32-24(22)27-15-16-7-11-18(26)12-8-16/h7-15H,2-6H2,1H3,(H,28,29)/b27-15+. The molecule has 3 aromatic rings. The van der Waals surface area contributed by atoms with Gasteiger partial charge in [0.25, 0.3) is 5.91 Å². The SMILES string of the molecule is CCOC(=O)c1ccc(NC(=O)c2c(/N=C/c3ccc(F)cc3)sc3c2CCCC3)cc1. The third-order valence-corrected chi connectivity index (χ3v) is 6.43. The van der Waals surface area contributed by atoms with Crippen molar-refractivity contribution in [3.05, 3.63) is 81.5 Å². The molecule has 4 rings (SSSR count). The molecule has 1 heterocycles. The Hall–Kier alpha value is -3.32. The Kier molecular flexibility index (Phi) is 6.75. The van der Waals surface area contributed by atoms with E-state index in [4.69, 9.17) is 4.74 Å². The van der Waals surface area contributed by atoms with Crippen LogP contribution >= 0.6 is 11.3 Å². The van der Waals surface area contributed by atoms with Crippen molar-refractivity contribution in [1.29, 1.82) is 0 Å². The number of aryl methyl sites for hydroxylation is 1. The second-order valence-corrected chi connectivity index (χ2v) is 8.54. The zero-order chi connectivity index (χ0) is 22.5. The van der Waals surface area contributed by atoms with Gasteiger partial charge in [0, 0.05) is 16.8 Å². The van der Waals surface area contributed by atoms with Gasteiger partial charge in [0.15, 0.2) is 0 Å². The number of anilines is 1. The number of fused-ring (bicyclic) bond motifs is 1. The number of carbonyl (C=O) groups excluding carboxylic acids is 2. The van der Waals surface area contributed by atoms with Crippen LogP contribution in [0.5, 0.6) is 0 Å². The molecular weight excluding hydrogens is 427 g/mol. The van der Waals surface area contributed by atoms with E-state index < -0.39 is 5.97 Å². The average Bonchev–Trinajstić information content (AvgIpc) is 3.18. The van der Waals surface area contributed by atoms with Crippen LogP contribution in [0, 0.1) is 5.82 Å². The van der Waals surface area contributed by atoms with Crippen LogP contribution in [0.3, 0.4) is 0 Å². The summed E-state index contributed by atoms with van der Waals surface area (Å²) in [5.41, 5.74) is 3.44. The van der Waals surface area contributed by atoms with E-state index in [1.54, 1.807) is 60.9 Å². The van der Waals surface area contributed by atoms with Crippen LogP contribution in [0.15, 0.2) is 53.5 Å². The van der Waals surface area contributed by atoms with E-state index in [1.165, 1.54) is 17.0 Å². The monoisotopic (exact) mass is 450 g/mol.